The van der Waals surface area contributed by atoms with Crippen molar-refractivity contribution in [3.8, 4) is 0 Å². The fourth-order valence-corrected chi connectivity index (χ4v) is 4.48. The van der Waals surface area contributed by atoms with E-state index in [2.05, 4.69) is 54.6 Å². The van der Waals surface area contributed by atoms with Crippen molar-refractivity contribution in [1.29, 1.82) is 0 Å². The Balaban J connectivity index is 1.52. The van der Waals surface area contributed by atoms with Gasteiger partial charge in [0.1, 0.15) is 0 Å². The molecule has 2 aromatic rings. The van der Waals surface area contributed by atoms with Crippen molar-refractivity contribution in [2.45, 2.75) is 38.6 Å². The summed E-state index contributed by atoms with van der Waals surface area (Å²) in [6.07, 6.45) is 4.83. The van der Waals surface area contributed by atoms with Gasteiger partial charge in [0, 0.05) is 18.2 Å². The third-order valence-electron chi connectivity index (χ3n) is 5.87. The Hall–Kier alpha value is -2.13. The Morgan fingerprint density at radius 2 is 1.74 bits per heavy atom. The zero-order chi connectivity index (χ0) is 19.2. The lowest BCUT2D eigenvalue weighted by atomic mass is 9.76. The number of aryl methyl sites for hydroxylation is 1. The van der Waals surface area contributed by atoms with Gasteiger partial charge in [0.15, 0.2) is 0 Å². The maximum absolute atomic E-state index is 12.4. The quantitative estimate of drug-likeness (QED) is 0.796. The van der Waals surface area contributed by atoms with Crippen molar-refractivity contribution in [3.63, 3.8) is 0 Å². The first-order valence-electron chi connectivity index (χ1n) is 10.1. The average Bonchev–Trinajstić information content (AvgIpc) is 2.68. The summed E-state index contributed by atoms with van der Waals surface area (Å²) in [4.78, 5) is 14.7. The summed E-state index contributed by atoms with van der Waals surface area (Å²) in [5.74, 6) is 1.33. The molecule has 1 atom stereocenters. The largest absolute Gasteiger partial charge is 0.352 e. The van der Waals surface area contributed by atoms with Crippen LogP contribution in [0.25, 0.3) is 0 Å². The van der Waals surface area contributed by atoms with Crippen LogP contribution in [0, 0.1) is 18.8 Å². The molecule has 0 aromatic heterocycles. The molecule has 0 aliphatic heterocycles. The molecule has 0 saturated heterocycles. The molecule has 0 spiro atoms. The van der Waals surface area contributed by atoms with Gasteiger partial charge in [0.05, 0.1) is 0 Å². The van der Waals surface area contributed by atoms with E-state index in [9.17, 15) is 4.79 Å². The van der Waals surface area contributed by atoms with Crippen LogP contribution in [-0.4, -0.2) is 31.4 Å². The molecule has 27 heavy (non-hydrogen) atoms. The maximum atomic E-state index is 12.4. The molecular formula is C24H32N2O. The molecule has 0 bridgehead atoms. The van der Waals surface area contributed by atoms with Crippen LogP contribution in [0.1, 0.15) is 53.2 Å². The van der Waals surface area contributed by atoms with E-state index in [1.165, 1.54) is 31.2 Å². The first-order valence-corrected chi connectivity index (χ1v) is 10.1. The molecule has 3 nitrogen and oxygen atoms in total. The molecule has 1 fully saturated rings. The number of amides is 1. The van der Waals surface area contributed by atoms with E-state index >= 15 is 0 Å². The van der Waals surface area contributed by atoms with Crippen LogP contribution in [0.4, 0.5) is 0 Å². The third-order valence-corrected chi connectivity index (χ3v) is 5.87. The molecule has 1 unspecified atom stereocenters. The van der Waals surface area contributed by atoms with Gasteiger partial charge in [-0.15, -0.1) is 0 Å². The van der Waals surface area contributed by atoms with Gasteiger partial charge >= 0.3 is 0 Å². The minimum atomic E-state index is 0.0521. The Morgan fingerprint density at radius 1 is 1.04 bits per heavy atom. The van der Waals surface area contributed by atoms with E-state index < -0.39 is 0 Å². The van der Waals surface area contributed by atoms with E-state index in [0.29, 0.717) is 17.9 Å². The van der Waals surface area contributed by atoms with Gasteiger partial charge in [-0.05, 0) is 76.2 Å². The van der Waals surface area contributed by atoms with Crippen LogP contribution < -0.4 is 5.32 Å². The Kier molecular flexibility index (Phi) is 6.68. The van der Waals surface area contributed by atoms with Gasteiger partial charge in [0.2, 0.25) is 0 Å². The SMILES string of the molecule is Cc1cccc(C(=O)NCC2CCC(C(c3ccccc3)N(C)C)CC2)c1. The van der Waals surface area contributed by atoms with Crippen LogP contribution in [0.5, 0.6) is 0 Å². The lowest BCUT2D eigenvalue weighted by molar-refractivity contribution is 0.0934. The predicted molar refractivity (Wildman–Crippen MR) is 112 cm³/mol. The molecule has 1 aliphatic rings. The molecule has 1 amide bonds. The van der Waals surface area contributed by atoms with Crippen molar-refractivity contribution in [3.05, 3.63) is 71.3 Å². The molecule has 0 heterocycles. The first-order chi connectivity index (χ1) is 13.0. The van der Waals surface area contributed by atoms with Crippen molar-refractivity contribution in [2.75, 3.05) is 20.6 Å². The van der Waals surface area contributed by atoms with Gasteiger partial charge < -0.3 is 10.2 Å². The minimum absolute atomic E-state index is 0.0521. The van der Waals surface area contributed by atoms with Gasteiger partial charge in [-0.2, -0.15) is 0 Å². The van der Waals surface area contributed by atoms with Gasteiger partial charge in [-0.1, -0.05) is 48.0 Å². The summed E-state index contributed by atoms with van der Waals surface area (Å²) >= 11 is 0. The summed E-state index contributed by atoms with van der Waals surface area (Å²) in [7, 11) is 4.37. The van der Waals surface area contributed by atoms with Crippen molar-refractivity contribution in [1.82, 2.24) is 10.2 Å². The fraction of sp³-hybridized carbons (Fsp3) is 0.458. The summed E-state index contributed by atoms with van der Waals surface area (Å²) < 4.78 is 0. The number of carbonyl (C=O) groups excluding carboxylic acids is 1. The summed E-state index contributed by atoms with van der Waals surface area (Å²) in [6.45, 7) is 2.81. The van der Waals surface area contributed by atoms with E-state index in [4.69, 9.17) is 0 Å². The zero-order valence-electron chi connectivity index (χ0n) is 16.8. The number of nitrogens with one attached hydrogen (secondary N) is 1. The molecular weight excluding hydrogens is 332 g/mol. The Bertz CT molecular complexity index is 733. The second kappa shape index (κ2) is 9.18. The highest BCUT2D eigenvalue weighted by atomic mass is 16.1. The Morgan fingerprint density at radius 3 is 2.37 bits per heavy atom. The molecule has 1 N–H and O–H groups in total. The number of hydrogen-bond donors (Lipinski definition) is 1. The van der Waals surface area contributed by atoms with Crippen molar-refractivity contribution >= 4 is 5.91 Å². The van der Waals surface area contributed by atoms with E-state index in [0.717, 1.165) is 17.7 Å². The van der Waals surface area contributed by atoms with Crippen molar-refractivity contribution < 1.29 is 4.79 Å². The van der Waals surface area contributed by atoms with Gasteiger partial charge in [-0.3, -0.25) is 4.79 Å². The normalized spacial score (nSPS) is 21.0. The lowest BCUT2D eigenvalue weighted by Gasteiger charge is -2.37. The van der Waals surface area contributed by atoms with Gasteiger partial charge in [0.25, 0.3) is 5.91 Å². The van der Waals surface area contributed by atoms with Crippen LogP contribution >= 0.6 is 0 Å². The summed E-state index contributed by atoms with van der Waals surface area (Å²) in [6, 6.07) is 19.1. The summed E-state index contributed by atoms with van der Waals surface area (Å²) in [5.41, 5.74) is 3.30. The highest BCUT2D eigenvalue weighted by molar-refractivity contribution is 5.94. The lowest BCUT2D eigenvalue weighted by Crippen LogP contribution is -2.34. The second-order valence-corrected chi connectivity index (χ2v) is 8.18. The van der Waals surface area contributed by atoms with E-state index in [1.54, 1.807) is 0 Å². The zero-order valence-corrected chi connectivity index (χ0v) is 16.8. The number of benzene rings is 2. The predicted octanol–water partition coefficient (Wildman–Crippen LogP) is 4.83. The molecule has 1 saturated carbocycles. The molecule has 144 valence electrons. The highest BCUT2D eigenvalue weighted by Gasteiger charge is 2.30. The van der Waals surface area contributed by atoms with E-state index in [1.807, 2.05) is 31.2 Å². The number of nitrogens with zero attached hydrogens (tertiary/aromatic N) is 1. The summed E-state index contributed by atoms with van der Waals surface area (Å²) in [5, 5.41) is 3.15. The fourth-order valence-electron chi connectivity index (χ4n) is 4.48. The second-order valence-electron chi connectivity index (χ2n) is 8.18. The monoisotopic (exact) mass is 364 g/mol. The molecule has 3 heteroatoms. The van der Waals surface area contributed by atoms with Crippen LogP contribution in [0.3, 0.4) is 0 Å². The number of rotatable bonds is 6. The smallest absolute Gasteiger partial charge is 0.251 e. The van der Waals surface area contributed by atoms with Crippen LogP contribution in [0.15, 0.2) is 54.6 Å². The molecule has 3 rings (SSSR count). The van der Waals surface area contributed by atoms with Crippen LogP contribution in [-0.2, 0) is 0 Å². The minimum Gasteiger partial charge on any atom is -0.352 e. The van der Waals surface area contributed by atoms with E-state index in [-0.39, 0.29) is 5.91 Å². The third kappa shape index (κ3) is 5.20. The molecule has 0 radical (unpaired) electrons. The van der Waals surface area contributed by atoms with Gasteiger partial charge in [-0.25, -0.2) is 0 Å². The average molecular weight is 365 g/mol. The first kappa shape index (κ1) is 19.6. The molecule has 1 aliphatic carbocycles. The van der Waals surface area contributed by atoms with Crippen molar-refractivity contribution in [2.24, 2.45) is 11.8 Å². The number of carbonyl (C=O) groups is 1. The highest BCUT2D eigenvalue weighted by Crippen LogP contribution is 2.39. The van der Waals surface area contributed by atoms with Crippen LogP contribution in [0.2, 0.25) is 0 Å². The Labute approximate surface area is 163 Å². The standard InChI is InChI=1S/C24H32N2O/c1-18-8-7-11-22(16-18)24(27)25-17-19-12-14-21(15-13-19)23(26(2)3)20-9-5-4-6-10-20/h4-11,16,19,21,23H,12-15,17H2,1-3H3,(H,25,27). The topological polar surface area (TPSA) is 32.3 Å². The maximum Gasteiger partial charge on any atom is 0.251 e. The number of hydrogen-bond acceptors (Lipinski definition) is 2. The molecule has 2 aromatic carbocycles.